The molecule has 1 aliphatic rings. The Hall–Kier alpha value is -2.22. The second-order valence-corrected chi connectivity index (χ2v) is 5.36. The van der Waals surface area contributed by atoms with Gasteiger partial charge in [0.15, 0.2) is 17.5 Å². The second kappa shape index (κ2) is 4.66. The molecule has 0 radical (unpaired) electrons. The molecular formula is C13H17FN6O. The normalized spacial score (nSPS) is 16.0. The summed E-state index contributed by atoms with van der Waals surface area (Å²) in [5.74, 6) is -0.163. The number of hydrogen-bond donors (Lipinski definition) is 2. The molecule has 0 atom stereocenters. The number of halogens is 1. The lowest BCUT2D eigenvalue weighted by Gasteiger charge is -2.21. The van der Waals surface area contributed by atoms with Gasteiger partial charge >= 0.3 is 6.01 Å². The second-order valence-electron chi connectivity index (χ2n) is 5.36. The van der Waals surface area contributed by atoms with E-state index in [0.29, 0.717) is 19.0 Å². The fourth-order valence-electron chi connectivity index (χ4n) is 2.52. The van der Waals surface area contributed by atoms with E-state index in [0.717, 1.165) is 17.5 Å². The zero-order valence-corrected chi connectivity index (χ0v) is 12.1. The minimum Gasteiger partial charge on any atom is -0.464 e. The largest absolute Gasteiger partial charge is 0.464 e. The number of nitrogens with one attached hydrogen (secondary N) is 1. The Balaban J connectivity index is 2.18. The third kappa shape index (κ3) is 2.11. The third-order valence-electron chi connectivity index (χ3n) is 3.49. The minimum atomic E-state index is -0.577. The number of nitrogen functional groups attached to an aromatic ring is 1. The highest BCUT2D eigenvalue weighted by Crippen LogP contribution is 2.35. The average molecular weight is 292 g/mol. The van der Waals surface area contributed by atoms with Crippen molar-refractivity contribution in [1.29, 1.82) is 0 Å². The summed E-state index contributed by atoms with van der Waals surface area (Å²) < 4.78 is 20.8. The van der Waals surface area contributed by atoms with E-state index in [1.54, 1.807) is 0 Å². The first-order valence-corrected chi connectivity index (χ1v) is 6.72. The highest BCUT2D eigenvalue weighted by atomic mass is 19.1. The van der Waals surface area contributed by atoms with Gasteiger partial charge in [-0.3, -0.25) is 0 Å². The monoisotopic (exact) mass is 292 g/mol. The van der Waals surface area contributed by atoms with Crippen LogP contribution in [0.25, 0.3) is 5.82 Å². The lowest BCUT2D eigenvalue weighted by molar-refractivity contribution is 0.309. The zero-order valence-electron chi connectivity index (χ0n) is 12.1. The fraction of sp³-hybridized carbons (Fsp3) is 0.462. The molecule has 0 amide bonds. The van der Waals surface area contributed by atoms with Crippen LogP contribution in [0.2, 0.25) is 0 Å². The van der Waals surface area contributed by atoms with Crippen LogP contribution in [-0.2, 0) is 12.1 Å². The highest BCUT2D eigenvalue weighted by molar-refractivity contribution is 5.50. The van der Waals surface area contributed by atoms with Crippen molar-refractivity contribution in [3.8, 4) is 11.8 Å². The summed E-state index contributed by atoms with van der Waals surface area (Å²) in [5, 5.41) is 7.54. The number of ether oxygens (including phenoxy) is 1. The van der Waals surface area contributed by atoms with E-state index in [1.807, 2.05) is 20.8 Å². The molecule has 0 saturated heterocycles. The molecule has 112 valence electrons. The molecule has 7 nitrogen and oxygen atoms in total. The molecule has 0 unspecified atom stereocenters. The maximum atomic E-state index is 14.1. The van der Waals surface area contributed by atoms with Gasteiger partial charge in [-0.15, -0.1) is 5.10 Å². The van der Waals surface area contributed by atoms with E-state index in [1.165, 1.54) is 4.68 Å². The Bertz CT molecular complexity index is 696. The summed E-state index contributed by atoms with van der Waals surface area (Å²) in [6.07, 6.45) is 1.08. The number of hydrogen-bond acceptors (Lipinski definition) is 6. The van der Waals surface area contributed by atoms with Crippen molar-refractivity contribution >= 4 is 5.82 Å². The fourth-order valence-corrected chi connectivity index (χ4v) is 2.52. The summed E-state index contributed by atoms with van der Waals surface area (Å²) in [6.45, 7) is 6.78. The van der Waals surface area contributed by atoms with Crippen molar-refractivity contribution in [2.75, 3.05) is 12.3 Å². The first-order chi connectivity index (χ1) is 9.94. The van der Waals surface area contributed by atoms with Crippen LogP contribution in [0.4, 0.5) is 10.2 Å². The molecule has 0 bridgehead atoms. The van der Waals surface area contributed by atoms with Crippen molar-refractivity contribution in [3.63, 3.8) is 0 Å². The van der Waals surface area contributed by atoms with Crippen LogP contribution in [0.1, 0.15) is 32.0 Å². The van der Waals surface area contributed by atoms with Gasteiger partial charge < -0.3 is 15.8 Å². The Morgan fingerprint density at radius 3 is 3.00 bits per heavy atom. The molecular weight excluding hydrogens is 275 g/mol. The van der Waals surface area contributed by atoms with Crippen molar-refractivity contribution in [1.82, 2.24) is 25.1 Å². The van der Waals surface area contributed by atoms with Crippen molar-refractivity contribution in [2.45, 2.75) is 32.9 Å². The van der Waals surface area contributed by atoms with Gasteiger partial charge in [0.05, 0.1) is 24.0 Å². The predicted octanol–water partition coefficient (Wildman–Crippen LogP) is 1.12. The molecule has 0 fully saturated rings. The molecule has 8 heteroatoms. The number of anilines is 1. The van der Waals surface area contributed by atoms with Gasteiger partial charge in [-0.1, -0.05) is 0 Å². The van der Waals surface area contributed by atoms with Crippen LogP contribution in [0, 0.1) is 5.82 Å². The number of nitrogens with two attached hydrogens (primary N) is 1. The lowest BCUT2D eigenvalue weighted by atomic mass is 10.0. The first-order valence-electron chi connectivity index (χ1n) is 6.72. The summed E-state index contributed by atoms with van der Waals surface area (Å²) in [4.78, 5) is 7.89. The molecule has 21 heavy (non-hydrogen) atoms. The Morgan fingerprint density at radius 2 is 2.29 bits per heavy atom. The van der Waals surface area contributed by atoms with Crippen LogP contribution < -0.4 is 15.8 Å². The van der Waals surface area contributed by atoms with E-state index < -0.39 is 5.82 Å². The van der Waals surface area contributed by atoms with Crippen molar-refractivity contribution in [2.24, 2.45) is 0 Å². The number of rotatable bonds is 3. The van der Waals surface area contributed by atoms with Gasteiger partial charge in [0, 0.05) is 12.1 Å². The third-order valence-corrected chi connectivity index (χ3v) is 3.49. The maximum Gasteiger partial charge on any atom is 0.318 e. The molecule has 3 rings (SSSR count). The summed E-state index contributed by atoms with van der Waals surface area (Å²) in [5.41, 5.74) is 7.23. The maximum absolute atomic E-state index is 14.1. The number of fused-ring (bicyclic) bond motifs is 1. The SMILES string of the molecule is CCOc1ncc(F)c(-n2nc(N)c3c2C(C)(C)NC3)n1. The highest BCUT2D eigenvalue weighted by Gasteiger charge is 2.37. The summed E-state index contributed by atoms with van der Waals surface area (Å²) >= 11 is 0. The zero-order chi connectivity index (χ0) is 15.2. The van der Waals surface area contributed by atoms with Gasteiger partial charge in [0.2, 0.25) is 0 Å². The molecule has 2 aromatic heterocycles. The van der Waals surface area contributed by atoms with Gasteiger partial charge in [-0.2, -0.15) is 4.98 Å². The first kappa shape index (κ1) is 13.7. The standard InChI is InChI=1S/C13H17FN6O/c1-4-21-12-16-6-8(14)11(18-12)20-9-7(10(15)19-20)5-17-13(9,2)3/h6,17H,4-5H2,1-3H3,(H2,15,19). The molecule has 0 aliphatic carbocycles. The summed E-state index contributed by atoms with van der Waals surface area (Å²) in [7, 11) is 0. The van der Waals surface area contributed by atoms with Crippen molar-refractivity contribution in [3.05, 3.63) is 23.3 Å². The van der Waals surface area contributed by atoms with Gasteiger partial charge in [-0.25, -0.2) is 14.1 Å². The molecule has 0 spiro atoms. The molecule has 3 N–H and O–H groups in total. The Morgan fingerprint density at radius 1 is 1.52 bits per heavy atom. The molecule has 0 aromatic carbocycles. The van der Waals surface area contributed by atoms with E-state index in [9.17, 15) is 4.39 Å². The van der Waals surface area contributed by atoms with Gasteiger partial charge in [0.25, 0.3) is 0 Å². The Labute approximate surface area is 121 Å². The average Bonchev–Trinajstić information content (AvgIpc) is 2.92. The quantitative estimate of drug-likeness (QED) is 0.881. The van der Waals surface area contributed by atoms with Gasteiger partial charge in [-0.05, 0) is 20.8 Å². The summed E-state index contributed by atoms with van der Waals surface area (Å²) in [6, 6.07) is 0.112. The minimum absolute atomic E-state index is 0.0400. The Kier molecular flexibility index (Phi) is 3.05. The molecule has 1 aliphatic heterocycles. The van der Waals surface area contributed by atoms with Crippen LogP contribution in [0.3, 0.4) is 0 Å². The van der Waals surface area contributed by atoms with Crippen molar-refractivity contribution < 1.29 is 9.13 Å². The predicted molar refractivity (Wildman–Crippen MR) is 74.6 cm³/mol. The molecule has 3 heterocycles. The van der Waals surface area contributed by atoms with Crippen LogP contribution in [0.15, 0.2) is 6.20 Å². The van der Waals surface area contributed by atoms with Gasteiger partial charge in [0.1, 0.15) is 0 Å². The molecule has 2 aromatic rings. The van der Waals surface area contributed by atoms with E-state index in [-0.39, 0.29) is 17.4 Å². The van der Waals surface area contributed by atoms with Crippen LogP contribution >= 0.6 is 0 Å². The topological polar surface area (TPSA) is 90.9 Å². The van der Waals surface area contributed by atoms with E-state index in [2.05, 4.69) is 20.4 Å². The van der Waals surface area contributed by atoms with E-state index >= 15 is 0 Å². The van der Waals surface area contributed by atoms with Crippen LogP contribution in [0.5, 0.6) is 6.01 Å². The van der Waals surface area contributed by atoms with E-state index in [4.69, 9.17) is 10.5 Å². The number of nitrogens with zero attached hydrogens (tertiary/aromatic N) is 4. The number of aromatic nitrogens is 4. The smallest absolute Gasteiger partial charge is 0.318 e. The van der Waals surface area contributed by atoms with Crippen LogP contribution in [-0.4, -0.2) is 26.4 Å². The lowest BCUT2D eigenvalue weighted by Crippen LogP contribution is -2.32. The molecule has 0 saturated carbocycles.